The van der Waals surface area contributed by atoms with Crippen molar-refractivity contribution < 1.29 is 0 Å². The first-order valence-electron chi connectivity index (χ1n) is 6.40. The number of pyridine rings is 1. The Morgan fingerprint density at radius 2 is 2.28 bits per heavy atom. The predicted molar refractivity (Wildman–Crippen MR) is 72.2 cm³/mol. The molecule has 1 N–H and O–H groups in total. The van der Waals surface area contributed by atoms with Crippen LogP contribution < -0.4 is 5.32 Å². The molecule has 0 saturated carbocycles. The van der Waals surface area contributed by atoms with E-state index in [2.05, 4.69) is 32.8 Å². The number of rotatable bonds is 6. The highest BCUT2D eigenvalue weighted by Crippen LogP contribution is 2.16. The normalized spacial score (nSPS) is 12.6. The van der Waals surface area contributed by atoms with Crippen molar-refractivity contribution in [2.75, 3.05) is 6.54 Å². The fourth-order valence-electron chi connectivity index (χ4n) is 1.98. The molecule has 0 aliphatic heterocycles. The number of hydrogen-bond donors (Lipinski definition) is 1. The zero-order chi connectivity index (χ0) is 12.8. The number of aromatic nitrogens is 3. The highest BCUT2D eigenvalue weighted by molar-refractivity contribution is 5.15. The minimum absolute atomic E-state index is 0.278. The summed E-state index contributed by atoms with van der Waals surface area (Å²) < 4.78 is 2.07. The summed E-state index contributed by atoms with van der Waals surface area (Å²) in [6.07, 6.45) is 9.56. The molecule has 0 saturated heterocycles. The molecule has 0 bridgehead atoms. The van der Waals surface area contributed by atoms with Crippen molar-refractivity contribution in [3.8, 4) is 0 Å². The molecular weight excluding hydrogens is 224 g/mol. The molecule has 4 nitrogen and oxygen atoms in total. The van der Waals surface area contributed by atoms with E-state index in [1.165, 1.54) is 5.56 Å². The van der Waals surface area contributed by atoms with Crippen LogP contribution in [0.3, 0.4) is 0 Å². The Morgan fingerprint density at radius 3 is 2.89 bits per heavy atom. The fourth-order valence-corrected chi connectivity index (χ4v) is 1.98. The lowest BCUT2D eigenvalue weighted by molar-refractivity contribution is 0.510. The Hall–Kier alpha value is -1.68. The van der Waals surface area contributed by atoms with Gasteiger partial charge in [0, 0.05) is 44.3 Å². The molecule has 18 heavy (non-hydrogen) atoms. The van der Waals surface area contributed by atoms with Crippen LogP contribution >= 0.6 is 0 Å². The molecule has 2 aromatic rings. The van der Waals surface area contributed by atoms with E-state index in [9.17, 15) is 0 Å². The van der Waals surface area contributed by atoms with Gasteiger partial charge in [-0.15, -0.1) is 0 Å². The van der Waals surface area contributed by atoms with Gasteiger partial charge >= 0.3 is 0 Å². The molecule has 2 aromatic heterocycles. The van der Waals surface area contributed by atoms with Crippen molar-refractivity contribution >= 4 is 0 Å². The van der Waals surface area contributed by atoms with Crippen molar-refractivity contribution in [3.05, 3.63) is 48.3 Å². The Labute approximate surface area is 108 Å². The summed E-state index contributed by atoms with van der Waals surface area (Å²) in [7, 11) is 2.03. The number of aryl methyl sites for hydroxylation is 1. The maximum Gasteiger partial charge on any atom is 0.110 e. The van der Waals surface area contributed by atoms with Gasteiger partial charge in [0.2, 0.25) is 0 Å². The first kappa shape index (κ1) is 12.8. The lowest BCUT2D eigenvalue weighted by Crippen LogP contribution is -2.25. The summed E-state index contributed by atoms with van der Waals surface area (Å²) in [5, 5.41) is 3.56. The third kappa shape index (κ3) is 3.17. The van der Waals surface area contributed by atoms with Crippen molar-refractivity contribution in [1.29, 1.82) is 0 Å². The third-order valence-electron chi connectivity index (χ3n) is 3.04. The Balaban J connectivity index is 2.13. The van der Waals surface area contributed by atoms with Crippen LogP contribution in [0, 0.1) is 0 Å². The molecule has 0 radical (unpaired) electrons. The van der Waals surface area contributed by atoms with E-state index in [1.54, 1.807) is 6.20 Å². The van der Waals surface area contributed by atoms with Gasteiger partial charge in [-0.25, -0.2) is 4.98 Å². The molecule has 0 aliphatic carbocycles. The minimum Gasteiger partial charge on any atom is -0.338 e. The predicted octanol–water partition coefficient (Wildman–Crippen LogP) is 2.10. The largest absolute Gasteiger partial charge is 0.338 e. The molecule has 0 spiro atoms. The molecule has 0 aliphatic rings. The fraction of sp³-hybridized carbons (Fsp3) is 0.429. The second-order valence-electron chi connectivity index (χ2n) is 4.45. The van der Waals surface area contributed by atoms with E-state index in [0.717, 1.165) is 25.2 Å². The summed E-state index contributed by atoms with van der Waals surface area (Å²) in [5.41, 5.74) is 1.22. The summed E-state index contributed by atoms with van der Waals surface area (Å²) in [4.78, 5) is 8.59. The molecule has 96 valence electrons. The highest BCUT2D eigenvalue weighted by atomic mass is 15.0. The number of nitrogens with one attached hydrogen (secondary N) is 1. The van der Waals surface area contributed by atoms with Crippen LogP contribution in [0.5, 0.6) is 0 Å². The van der Waals surface area contributed by atoms with Crippen LogP contribution in [0.1, 0.15) is 30.8 Å². The average molecular weight is 244 g/mol. The van der Waals surface area contributed by atoms with E-state index in [-0.39, 0.29) is 6.04 Å². The van der Waals surface area contributed by atoms with Crippen LogP contribution in [0.4, 0.5) is 0 Å². The maximum absolute atomic E-state index is 4.39. The number of nitrogens with zero attached hydrogens (tertiary/aromatic N) is 3. The summed E-state index contributed by atoms with van der Waals surface area (Å²) in [6, 6.07) is 4.37. The van der Waals surface area contributed by atoms with Gasteiger partial charge < -0.3 is 9.88 Å². The topological polar surface area (TPSA) is 42.7 Å². The standard InChI is InChI=1S/C14H20N4/c1-3-6-16-13(12-5-4-7-15-11-12)10-14-17-8-9-18(14)2/h4-5,7-9,11,13,16H,3,6,10H2,1-2H3. The lowest BCUT2D eigenvalue weighted by atomic mass is 10.1. The molecule has 0 fully saturated rings. The summed E-state index contributed by atoms with van der Waals surface area (Å²) >= 11 is 0. The molecule has 1 atom stereocenters. The van der Waals surface area contributed by atoms with Gasteiger partial charge in [-0.05, 0) is 24.6 Å². The zero-order valence-electron chi connectivity index (χ0n) is 11.0. The Morgan fingerprint density at radius 1 is 1.39 bits per heavy atom. The molecular formula is C14H20N4. The maximum atomic E-state index is 4.39. The van der Waals surface area contributed by atoms with Gasteiger partial charge in [0.15, 0.2) is 0 Å². The molecule has 0 aromatic carbocycles. The van der Waals surface area contributed by atoms with E-state index in [1.807, 2.05) is 31.7 Å². The molecule has 0 amide bonds. The van der Waals surface area contributed by atoms with Crippen LogP contribution in [0.2, 0.25) is 0 Å². The third-order valence-corrected chi connectivity index (χ3v) is 3.04. The first-order chi connectivity index (χ1) is 8.81. The van der Waals surface area contributed by atoms with E-state index in [4.69, 9.17) is 0 Å². The Kier molecular flexibility index (Phi) is 4.47. The summed E-state index contributed by atoms with van der Waals surface area (Å²) in [6.45, 7) is 3.18. The van der Waals surface area contributed by atoms with Crippen molar-refractivity contribution in [1.82, 2.24) is 19.9 Å². The summed E-state index contributed by atoms with van der Waals surface area (Å²) in [5.74, 6) is 1.09. The minimum atomic E-state index is 0.278. The number of hydrogen-bond acceptors (Lipinski definition) is 3. The van der Waals surface area contributed by atoms with Crippen LogP contribution in [0.25, 0.3) is 0 Å². The van der Waals surface area contributed by atoms with E-state index < -0.39 is 0 Å². The van der Waals surface area contributed by atoms with Crippen LogP contribution in [0.15, 0.2) is 36.9 Å². The number of imidazole rings is 1. The molecule has 2 heterocycles. The highest BCUT2D eigenvalue weighted by Gasteiger charge is 2.13. The first-order valence-corrected chi connectivity index (χ1v) is 6.40. The monoisotopic (exact) mass is 244 g/mol. The van der Waals surface area contributed by atoms with Crippen molar-refractivity contribution in [2.45, 2.75) is 25.8 Å². The second-order valence-corrected chi connectivity index (χ2v) is 4.45. The molecule has 4 heteroatoms. The molecule has 1 unspecified atom stereocenters. The SMILES string of the molecule is CCCNC(Cc1nccn1C)c1cccnc1. The van der Waals surface area contributed by atoms with Crippen LogP contribution in [-0.4, -0.2) is 21.1 Å². The second kappa shape index (κ2) is 6.31. The zero-order valence-corrected chi connectivity index (χ0v) is 11.0. The Bertz CT molecular complexity index is 464. The average Bonchev–Trinajstić information content (AvgIpc) is 2.81. The molecule has 2 rings (SSSR count). The van der Waals surface area contributed by atoms with E-state index >= 15 is 0 Å². The quantitative estimate of drug-likeness (QED) is 0.846. The van der Waals surface area contributed by atoms with Gasteiger partial charge in [-0.2, -0.15) is 0 Å². The van der Waals surface area contributed by atoms with Gasteiger partial charge in [0.1, 0.15) is 5.82 Å². The van der Waals surface area contributed by atoms with Crippen molar-refractivity contribution in [2.24, 2.45) is 7.05 Å². The van der Waals surface area contributed by atoms with Gasteiger partial charge in [0.05, 0.1) is 0 Å². The smallest absolute Gasteiger partial charge is 0.110 e. The van der Waals surface area contributed by atoms with Gasteiger partial charge in [-0.3, -0.25) is 4.98 Å². The van der Waals surface area contributed by atoms with Crippen molar-refractivity contribution in [3.63, 3.8) is 0 Å². The van der Waals surface area contributed by atoms with E-state index in [0.29, 0.717) is 0 Å². The van der Waals surface area contributed by atoms with Crippen LogP contribution in [-0.2, 0) is 13.5 Å². The van der Waals surface area contributed by atoms with Gasteiger partial charge in [0.25, 0.3) is 0 Å². The lowest BCUT2D eigenvalue weighted by Gasteiger charge is -2.18. The van der Waals surface area contributed by atoms with Gasteiger partial charge in [-0.1, -0.05) is 13.0 Å².